The van der Waals surface area contributed by atoms with E-state index in [0.29, 0.717) is 12.2 Å². The molecule has 1 heterocycles. The van der Waals surface area contributed by atoms with Crippen molar-refractivity contribution in [3.8, 4) is 0 Å². The monoisotopic (exact) mass is 221 g/mol. The Morgan fingerprint density at radius 3 is 2.88 bits per heavy atom. The maximum atomic E-state index is 12.0. The molecule has 0 bridgehead atoms. The molecule has 4 heteroatoms. The molecular weight excluding hydrogens is 202 g/mol. The number of carbonyl (C=O) groups excluding carboxylic acids is 1. The fourth-order valence-electron chi connectivity index (χ4n) is 2.46. The summed E-state index contributed by atoms with van der Waals surface area (Å²) >= 11 is 0. The number of hydrogen-bond acceptors (Lipinski definition) is 3. The Balaban J connectivity index is 1.99. The van der Waals surface area contributed by atoms with E-state index in [9.17, 15) is 4.79 Å². The van der Waals surface area contributed by atoms with E-state index in [1.54, 1.807) is 4.68 Å². The third-order valence-corrected chi connectivity index (χ3v) is 3.38. The predicted molar refractivity (Wildman–Crippen MR) is 62.0 cm³/mol. The minimum absolute atomic E-state index is 0.171. The van der Waals surface area contributed by atoms with E-state index in [1.165, 1.54) is 0 Å². The molecule has 1 aliphatic carbocycles. The van der Waals surface area contributed by atoms with Crippen LogP contribution in [0.25, 0.3) is 0 Å². The van der Waals surface area contributed by atoms with Gasteiger partial charge in [0.2, 0.25) is 0 Å². The van der Waals surface area contributed by atoms with Gasteiger partial charge in [0.1, 0.15) is 5.78 Å². The Morgan fingerprint density at radius 2 is 2.38 bits per heavy atom. The van der Waals surface area contributed by atoms with Crippen LogP contribution in [-0.2, 0) is 18.3 Å². The average Bonchev–Trinajstić information content (AvgIpc) is 2.74. The number of ketones is 1. The van der Waals surface area contributed by atoms with Crippen molar-refractivity contribution in [2.24, 2.45) is 18.7 Å². The van der Waals surface area contributed by atoms with Gasteiger partial charge in [0.05, 0.1) is 5.69 Å². The SMILES string of the molecule is Cc1cc(CC(=O)C2CCC(N)C2)n(C)n1. The molecule has 1 saturated carbocycles. The molecule has 1 fully saturated rings. The number of Topliss-reactive ketones (excluding diaryl/α,β-unsaturated/α-hetero) is 1. The van der Waals surface area contributed by atoms with Gasteiger partial charge in [-0.15, -0.1) is 0 Å². The van der Waals surface area contributed by atoms with Crippen LogP contribution in [0.15, 0.2) is 6.07 Å². The molecule has 0 spiro atoms. The molecule has 2 atom stereocenters. The predicted octanol–water partition coefficient (Wildman–Crippen LogP) is 0.968. The molecular formula is C12H19N3O. The van der Waals surface area contributed by atoms with Crippen molar-refractivity contribution in [3.63, 3.8) is 0 Å². The highest BCUT2D eigenvalue weighted by Gasteiger charge is 2.27. The number of rotatable bonds is 3. The van der Waals surface area contributed by atoms with Gasteiger partial charge in [-0.25, -0.2) is 0 Å². The zero-order valence-corrected chi connectivity index (χ0v) is 9.94. The molecule has 1 aliphatic rings. The molecule has 1 aromatic rings. The van der Waals surface area contributed by atoms with Crippen LogP contribution in [0.5, 0.6) is 0 Å². The number of nitrogens with zero attached hydrogens (tertiary/aromatic N) is 2. The summed E-state index contributed by atoms with van der Waals surface area (Å²) in [6.07, 6.45) is 3.29. The van der Waals surface area contributed by atoms with Crippen molar-refractivity contribution >= 4 is 5.78 Å². The quantitative estimate of drug-likeness (QED) is 0.827. The Kier molecular flexibility index (Phi) is 3.10. The highest BCUT2D eigenvalue weighted by atomic mass is 16.1. The van der Waals surface area contributed by atoms with Crippen molar-refractivity contribution in [2.45, 2.75) is 38.6 Å². The minimum atomic E-state index is 0.171. The van der Waals surface area contributed by atoms with Crippen molar-refractivity contribution in [2.75, 3.05) is 0 Å². The summed E-state index contributed by atoms with van der Waals surface area (Å²) in [5.74, 6) is 0.487. The van der Waals surface area contributed by atoms with Crippen LogP contribution in [0, 0.1) is 12.8 Å². The van der Waals surface area contributed by atoms with Gasteiger partial charge in [0, 0.05) is 31.1 Å². The molecule has 2 N–H and O–H groups in total. The normalized spacial score (nSPS) is 24.9. The minimum Gasteiger partial charge on any atom is -0.328 e. The van der Waals surface area contributed by atoms with E-state index in [1.807, 2.05) is 20.0 Å². The summed E-state index contributed by atoms with van der Waals surface area (Å²) in [5, 5.41) is 4.25. The van der Waals surface area contributed by atoms with Crippen LogP contribution in [0.1, 0.15) is 30.7 Å². The maximum absolute atomic E-state index is 12.0. The summed E-state index contributed by atoms with van der Waals surface area (Å²) in [5.41, 5.74) is 7.79. The van der Waals surface area contributed by atoms with Gasteiger partial charge < -0.3 is 5.73 Å². The van der Waals surface area contributed by atoms with E-state index in [2.05, 4.69) is 5.10 Å². The van der Waals surface area contributed by atoms with Gasteiger partial charge in [-0.1, -0.05) is 0 Å². The summed E-state index contributed by atoms with van der Waals surface area (Å²) in [7, 11) is 1.88. The molecule has 0 aliphatic heterocycles. The lowest BCUT2D eigenvalue weighted by molar-refractivity contribution is -0.122. The molecule has 0 saturated heterocycles. The topological polar surface area (TPSA) is 60.9 Å². The Morgan fingerprint density at radius 1 is 1.62 bits per heavy atom. The van der Waals surface area contributed by atoms with Crippen LogP contribution in [0.3, 0.4) is 0 Å². The summed E-state index contributed by atoms with van der Waals surface area (Å²) < 4.78 is 1.79. The lowest BCUT2D eigenvalue weighted by Crippen LogP contribution is -2.19. The van der Waals surface area contributed by atoms with Crippen molar-refractivity contribution in [3.05, 3.63) is 17.5 Å². The van der Waals surface area contributed by atoms with Gasteiger partial charge in [0.25, 0.3) is 0 Å². The van der Waals surface area contributed by atoms with Gasteiger partial charge in [0.15, 0.2) is 0 Å². The standard InChI is InChI=1S/C12H19N3O/c1-8-5-11(15(2)14-8)7-12(16)9-3-4-10(13)6-9/h5,9-10H,3-4,6-7,13H2,1-2H3. The Hall–Kier alpha value is -1.16. The zero-order valence-electron chi connectivity index (χ0n) is 9.94. The van der Waals surface area contributed by atoms with E-state index >= 15 is 0 Å². The molecule has 0 radical (unpaired) electrons. The third kappa shape index (κ3) is 2.32. The zero-order chi connectivity index (χ0) is 11.7. The van der Waals surface area contributed by atoms with Crippen molar-refractivity contribution < 1.29 is 4.79 Å². The summed E-state index contributed by atoms with van der Waals surface area (Å²) in [6.45, 7) is 1.94. The average molecular weight is 221 g/mol. The van der Waals surface area contributed by atoms with Crippen LogP contribution >= 0.6 is 0 Å². The van der Waals surface area contributed by atoms with Crippen LogP contribution in [0.2, 0.25) is 0 Å². The number of aromatic nitrogens is 2. The first kappa shape index (κ1) is 11.3. The number of carbonyl (C=O) groups is 1. The Labute approximate surface area is 95.8 Å². The Bertz CT molecular complexity index is 397. The third-order valence-electron chi connectivity index (χ3n) is 3.38. The maximum Gasteiger partial charge on any atom is 0.141 e. The fraction of sp³-hybridized carbons (Fsp3) is 0.667. The van der Waals surface area contributed by atoms with Crippen molar-refractivity contribution in [1.29, 1.82) is 0 Å². The largest absolute Gasteiger partial charge is 0.328 e. The number of aryl methyl sites for hydroxylation is 2. The second-order valence-electron chi connectivity index (χ2n) is 4.81. The van der Waals surface area contributed by atoms with Gasteiger partial charge in [-0.3, -0.25) is 9.48 Å². The number of nitrogens with two attached hydrogens (primary N) is 1. The van der Waals surface area contributed by atoms with Crippen LogP contribution < -0.4 is 5.73 Å². The molecule has 0 aromatic carbocycles. The van der Waals surface area contributed by atoms with Gasteiger partial charge in [-0.05, 0) is 32.3 Å². The molecule has 0 amide bonds. The van der Waals surface area contributed by atoms with Crippen LogP contribution in [0.4, 0.5) is 0 Å². The van der Waals surface area contributed by atoms with E-state index in [4.69, 9.17) is 5.73 Å². The first-order valence-corrected chi connectivity index (χ1v) is 5.84. The highest BCUT2D eigenvalue weighted by molar-refractivity contribution is 5.83. The number of hydrogen-bond donors (Lipinski definition) is 1. The smallest absolute Gasteiger partial charge is 0.141 e. The molecule has 16 heavy (non-hydrogen) atoms. The second kappa shape index (κ2) is 4.37. The summed E-state index contributed by atoms with van der Waals surface area (Å²) in [6, 6.07) is 2.20. The first-order chi connectivity index (χ1) is 7.56. The summed E-state index contributed by atoms with van der Waals surface area (Å²) in [4.78, 5) is 12.0. The first-order valence-electron chi connectivity index (χ1n) is 5.84. The van der Waals surface area contributed by atoms with E-state index in [0.717, 1.165) is 30.7 Å². The van der Waals surface area contributed by atoms with E-state index < -0.39 is 0 Å². The van der Waals surface area contributed by atoms with Gasteiger partial charge >= 0.3 is 0 Å². The fourth-order valence-corrected chi connectivity index (χ4v) is 2.46. The second-order valence-corrected chi connectivity index (χ2v) is 4.81. The molecule has 2 rings (SSSR count). The van der Waals surface area contributed by atoms with Crippen molar-refractivity contribution in [1.82, 2.24) is 9.78 Å². The lowest BCUT2D eigenvalue weighted by atomic mass is 9.98. The molecule has 4 nitrogen and oxygen atoms in total. The molecule has 88 valence electrons. The van der Waals surface area contributed by atoms with E-state index in [-0.39, 0.29) is 12.0 Å². The van der Waals surface area contributed by atoms with Gasteiger partial charge in [-0.2, -0.15) is 5.10 Å². The highest BCUT2D eigenvalue weighted by Crippen LogP contribution is 2.26. The van der Waals surface area contributed by atoms with Crippen LogP contribution in [-0.4, -0.2) is 21.6 Å². The lowest BCUT2D eigenvalue weighted by Gasteiger charge is -2.08. The molecule has 2 unspecified atom stereocenters. The molecule has 1 aromatic heterocycles.